The number of likely N-dealkylation sites (tertiary alicyclic amines) is 2. The van der Waals surface area contributed by atoms with Crippen molar-refractivity contribution in [1.82, 2.24) is 14.8 Å². The van der Waals surface area contributed by atoms with Crippen molar-refractivity contribution in [1.29, 1.82) is 0 Å². The number of benzene rings is 2. The highest BCUT2D eigenvalue weighted by atomic mass is 16.5. The normalized spacial score (nSPS) is 25.4. The fourth-order valence-corrected chi connectivity index (χ4v) is 8.38. The summed E-state index contributed by atoms with van der Waals surface area (Å²) in [7, 11) is -1.10. The van der Waals surface area contributed by atoms with Crippen LogP contribution in [0.5, 0.6) is 5.75 Å². The number of hydrogen-bond acceptors (Lipinski definition) is 8. The summed E-state index contributed by atoms with van der Waals surface area (Å²) in [5, 5.41) is 32.1. The lowest BCUT2D eigenvalue weighted by molar-refractivity contribution is -0.144. The topological polar surface area (TPSA) is 123 Å². The predicted octanol–water partition coefficient (Wildman–Crippen LogP) is 4.56. The smallest absolute Gasteiger partial charge is 0.455 e. The Morgan fingerprint density at radius 1 is 0.958 bits per heavy atom. The van der Waals surface area contributed by atoms with Crippen LogP contribution in [0.1, 0.15) is 48.9 Å². The van der Waals surface area contributed by atoms with Crippen LogP contribution in [0.2, 0.25) is 6.32 Å². The summed E-state index contributed by atoms with van der Waals surface area (Å²) in [5.41, 5.74) is 5.15. The molecule has 4 atom stereocenters. The third-order valence-electron chi connectivity index (χ3n) is 10.6. The van der Waals surface area contributed by atoms with Crippen LogP contribution in [0.15, 0.2) is 90.1 Å². The van der Waals surface area contributed by atoms with Crippen LogP contribution in [0.4, 0.5) is 0 Å². The van der Waals surface area contributed by atoms with Crippen molar-refractivity contribution >= 4 is 30.6 Å². The van der Waals surface area contributed by atoms with Gasteiger partial charge in [-0.05, 0) is 90.9 Å². The van der Waals surface area contributed by atoms with Gasteiger partial charge in [0.25, 0.3) is 0 Å². The molecule has 0 radical (unpaired) electrons. The molecule has 248 valence electrons. The van der Waals surface area contributed by atoms with Gasteiger partial charge >= 0.3 is 7.12 Å². The summed E-state index contributed by atoms with van der Waals surface area (Å²) in [6.45, 7) is 2.23. The Labute approximate surface area is 281 Å². The van der Waals surface area contributed by atoms with Gasteiger partial charge in [0.15, 0.2) is 0 Å². The Bertz CT molecular complexity index is 1690. The fourth-order valence-electron chi connectivity index (χ4n) is 8.38. The van der Waals surface area contributed by atoms with Crippen LogP contribution in [0.25, 0.3) is 11.6 Å². The minimum atomic E-state index is -1.10. The van der Waals surface area contributed by atoms with Gasteiger partial charge in [0.1, 0.15) is 5.75 Å². The summed E-state index contributed by atoms with van der Waals surface area (Å²) >= 11 is 0. The first-order valence-electron chi connectivity index (χ1n) is 17.1. The molecule has 3 fully saturated rings. The van der Waals surface area contributed by atoms with Crippen LogP contribution in [0, 0.1) is 17.8 Å². The average molecular weight is 648 g/mol. The Morgan fingerprint density at radius 2 is 1.71 bits per heavy atom. The minimum absolute atomic E-state index is 0.142. The van der Waals surface area contributed by atoms with Crippen LogP contribution in [0.3, 0.4) is 0 Å². The second-order valence-electron chi connectivity index (χ2n) is 13.5. The highest BCUT2D eigenvalue weighted by Gasteiger charge is 2.58. The zero-order valence-electron chi connectivity index (χ0n) is 27.0. The molecule has 7 rings (SSSR count). The van der Waals surface area contributed by atoms with E-state index in [4.69, 9.17) is 4.65 Å². The van der Waals surface area contributed by atoms with Crippen LogP contribution in [-0.4, -0.2) is 80.8 Å². The highest BCUT2D eigenvalue weighted by molar-refractivity contribution is 6.43. The number of phenols is 1. The number of pyridine rings is 1. The minimum Gasteiger partial charge on any atom is -0.507 e. The molecule has 4 aliphatic rings. The first-order chi connectivity index (χ1) is 23.4. The zero-order chi connectivity index (χ0) is 33.2. The number of para-hydroxylation sites is 1. The average Bonchev–Trinajstić information content (AvgIpc) is 3.36. The van der Waals surface area contributed by atoms with Crippen molar-refractivity contribution in [2.45, 2.75) is 57.1 Å². The van der Waals surface area contributed by atoms with E-state index in [1.807, 2.05) is 54.6 Å². The lowest BCUT2D eigenvalue weighted by atomic mass is 9.58. The molecule has 9 nitrogen and oxygen atoms in total. The maximum Gasteiger partial charge on any atom is 0.455 e. The molecule has 3 aromatic rings. The molecule has 2 aromatic carbocycles. The molecule has 0 spiro atoms. The number of carbonyl (C=O) groups is 2. The van der Waals surface area contributed by atoms with Crippen molar-refractivity contribution in [3.63, 3.8) is 0 Å². The fraction of sp³-hybridized carbons (Fsp3) is 0.395. The summed E-state index contributed by atoms with van der Waals surface area (Å²) in [4.78, 5) is 36.6. The summed E-state index contributed by atoms with van der Waals surface area (Å²) in [5.74, 6) is -1.62. The maximum absolute atomic E-state index is 14.2. The van der Waals surface area contributed by atoms with Crippen LogP contribution < -0.4 is 0 Å². The number of carbonyl (C=O) groups excluding carboxylic acids is 2. The van der Waals surface area contributed by atoms with Gasteiger partial charge in [-0.25, -0.2) is 0 Å². The quantitative estimate of drug-likeness (QED) is 0.176. The number of aliphatic hydroxyl groups excluding tert-OH is 1. The van der Waals surface area contributed by atoms with E-state index in [9.17, 15) is 24.8 Å². The Hall–Kier alpha value is -4.09. The maximum atomic E-state index is 14.2. The number of amides is 2. The van der Waals surface area contributed by atoms with E-state index >= 15 is 0 Å². The zero-order valence-corrected chi connectivity index (χ0v) is 27.0. The second-order valence-corrected chi connectivity index (χ2v) is 13.5. The Morgan fingerprint density at radius 3 is 2.44 bits per heavy atom. The summed E-state index contributed by atoms with van der Waals surface area (Å²) in [6, 6.07) is 23.0. The number of nitrogens with zero attached hydrogens (tertiary/aromatic N) is 3. The number of rotatable bonds is 9. The molecule has 3 aliphatic heterocycles. The van der Waals surface area contributed by atoms with E-state index in [1.165, 1.54) is 10.5 Å². The molecule has 48 heavy (non-hydrogen) atoms. The van der Waals surface area contributed by atoms with Gasteiger partial charge in [-0.3, -0.25) is 24.4 Å². The molecule has 0 unspecified atom stereocenters. The van der Waals surface area contributed by atoms with Gasteiger partial charge in [0.2, 0.25) is 11.8 Å². The third kappa shape index (κ3) is 6.50. The molecule has 4 heterocycles. The van der Waals surface area contributed by atoms with Crippen molar-refractivity contribution in [3.05, 3.63) is 107 Å². The van der Waals surface area contributed by atoms with Crippen molar-refractivity contribution in [2.24, 2.45) is 17.8 Å². The molecule has 3 N–H and O–H groups in total. The van der Waals surface area contributed by atoms with Gasteiger partial charge in [0.05, 0.1) is 30.2 Å². The number of phenolic OH excluding ortho intramolecular Hbond substituents is 1. The molecule has 10 heteroatoms. The van der Waals surface area contributed by atoms with E-state index in [-0.39, 0.29) is 42.5 Å². The monoisotopic (exact) mass is 647 g/mol. The molecule has 0 bridgehead atoms. The van der Waals surface area contributed by atoms with Crippen molar-refractivity contribution < 1.29 is 29.5 Å². The number of aliphatic hydroxyl groups is 1. The molecular formula is C38H42BN3O6. The molecule has 1 aromatic heterocycles. The largest absolute Gasteiger partial charge is 0.507 e. The number of imide groups is 1. The number of piperidine rings is 1. The standard InChI is InChI=1S/C38H42BN3O6/c43-24-28-21-30-36(38(46)42(37(30)45)29-15-18-41(19-16-29)23-25-8-2-1-3-9-25)31-22-39(47)48-34(35(28)31)14-13-26(32-11-6-7-17-40-32)20-27-10-4-5-12-33(27)44/h1-12,17,20,29-31,34,36,43-44,47H,13-16,18-19,21-24H2/b26-20-/t30-,31+,34-,36-/m1/s1. The number of hydrogen-bond donors (Lipinski definition) is 3. The first kappa shape index (κ1) is 32.5. The lowest BCUT2D eigenvalue weighted by Gasteiger charge is -2.43. The summed E-state index contributed by atoms with van der Waals surface area (Å²) in [6.07, 6.45) is 6.05. The van der Waals surface area contributed by atoms with Crippen LogP contribution >= 0.6 is 0 Å². The third-order valence-corrected chi connectivity index (χ3v) is 10.6. The summed E-state index contributed by atoms with van der Waals surface area (Å²) < 4.78 is 6.14. The number of aromatic hydroxyl groups is 1. The molecule has 1 aliphatic carbocycles. The Balaban J connectivity index is 1.10. The van der Waals surface area contributed by atoms with E-state index < -0.39 is 25.1 Å². The van der Waals surface area contributed by atoms with Crippen molar-refractivity contribution in [2.75, 3.05) is 19.7 Å². The van der Waals surface area contributed by atoms with Gasteiger partial charge in [0, 0.05) is 37.4 Å². The van der Waals surface area contributed by atoms with E-state index in [0.29, 0.717) is 24.8 Å². The number of allylic oxidation sites excluding steroid dienone is 1. The van der Waals surface area contributed by atoms with E-state index in [0.717, 1.165) is 54.9 Å². The lowest BCUT2D eigenvalue weighted by Crippen LogP contribution is -2.48. The van der Waals surface area contributed by atoms with Gasteiger partial charge in [-0.1, -0.05) is 54.6 Å². The molecule has 3 saturated heterocycles. The predicted molar refractivity (Wildman–Crippen MR) is 183 cm³/mol. The molecular weight excluding hydrogens is 605 g/mol. The first-order valence-corrected chi connectivity index (χ1v) is 17.1. The Kier molecular flexibility index (Phi) is 9.59. The van der Waals surface area contributed by atoms with Crippen molar-refractivity contribution in [3.8, 4) is 5.75 Å². The number of fused-ring (bicyclic) bond motifs is 3. The molecule has 2 amide bonds. The highest BCUT2D eigenvalue weighted by Crippen LogP contribution is 2.51. The second kappa shape index (κ2) is 14.2. The van der Waals surface area contributed by atoms with Crippen LogP contribution in [-0.2, 0) is 20.8 Å². The van der Waals surface area contributed by atoms with E-state index in [1.54, 1.807) is 18.3 Å². The van der Waals surface area contributed by atoms with Gasteiger partial charge in [-0.2, -0.15) is 0 Å². The van der Waals surface area contributed by atoms with Gasteiger partial charge in [-0.15, -0.1) is 0 Å². The van der Waals surface area contributed by atoms with Gasteiger partial charge < -0.3 is 19.9 Å². The SMILES string of the molecule is O=C1[C@@H]2[C@@H](CC(CO)=C3[C@@H](CC/C(=C/c4ccccc4O)c4ccccn4)OB(O)C[C@@H]32)C(=O)N1C1CCN(Cc2ccccc2)CC1. The number of aromatic nitrogens is 1. The molecule has 0 saturated carbocycles. The van der Waals surface area contributed by atoms with E-state index in [2.05, 4.69) is 22.0 Å².